The van der Waals surface area contributed by atoms with Crippen molar-refractivity contribution < 1.29 is 5.11 Å². The van der Waals surface area contributed by atoms with Crippen LogP contribution < -0.4 is 5.73 Å². The van der Waals surface area contributed by atoms with Crippen molar-refractivity contribution >= 4 is 0 Å². The number of aliphatic hydroxyl groups is 1. The second-order valence-electron chi connectivity index (χ2n) is 3.92. The van der Waals surface area contributed by atoms with Gasteiger partial charge < -0.3 is 10.8 Å². The molecule has 0 saturated heterocycles. The van der Waals surface area contributed by atoms with Gasteiger partial charge in [-0.3, -0.25) is 0 Å². The Bertz CT molecular complexity index is 108. The molecule has 0 fully saturated rings. The lowest BCUT2D eigenvalue weighted by Gasteiger charge is -2.26. The third-order valence-electron chi connectivity index (χ3n) is 2.57. The average Bonchev–Trinajstić information content (AvgIpc) is 2.00. The summed E-state index contributed by atoms with van der Waals surface area (Å²) >= 11 is 0. The first-order valence-corrected chi connectivity index (χ1v) is 4.98. The minimum atomic E-state index is -0.550. The largest absolute Gasteiger partial charge is 0.390 e. The van der Waals surface area contributed by atoms with E-state index in [0.29, 0.717) is 18.9 Å². The van der Waals surface area contributed by atoms with Crippen molar-refractivity contribution in [2.24, 2.45) is 11.7 Å². The monoisotopic (exact) mass is 173 g/mol. The molecule has 0 heterocycles. The van der Waals surface area contributed by atoms with Gasteiger partial charge >= 0.3 is 0 Å². The second-order valence-corrected chi connectivity index (χ2v) is 3.92. The molecule has 2 nitrogen and oxygen atoms in total. The van der Waals surface area contributed by atoms with Crippen LogP contribution >= 0.6 is 0 Å². The van der Waals surface area contributed by atoms with Crippen LogP contribution in [0.2, 0.25) is 0 Å². The predicted octanol–water partition coefficient (Wildman–Crippen LogP) is 1.91. The fourth-order valence-electron chi connectivity index (χ4n) is 1.61. The van der Waals surface area contributed by atoms with Gasteiger partial charge in [-0.25, -0.2) is 0 Å². The summed E-state index contributed by atoms with van der Waals surface area (Å²) in [5, 5.41) is 9.87. The van der Waals surface area contributed by atoms with Crippen LogP contribution in [0.15, 0.2) is 0 Å². The molecule has 0 aromatic rings. The van der Waals surface area contributed by atoms with Crippen molar-refractivity contribution in [3.8, 4) is 0 Å². The maximum Gasteiger partial charge on any atom is 0.0634 e. The summed E-state index contributed by atoms with van der Waals surface area (Å²) in [5.74, 6) is 0.645. The van der Waals surface area contributed by atoms with E-state index in [1.807, 2.05) is 6.92 Å². The number of rotatable bonds is 6. The highest BCUT2D eigenvalue weighted by Gasteiger charge is 2.22. The summed E-state index contributed by atoms with van der Waals surface area (Å²) in [5.41, 5.74) is 4.86. The zero-order chi connectivity index (χ0) is 9.61. The van der Waals surface area contributed by atoms with Crippen LogP contribution in [0, 0.1) is 5.92 Å². The fraction of sp³-hybridized carbons (Fsp3) is 1.00. The molecular formula is C10H23NO. The lowest BCUT2D eigenvalue weighted by atomic mass is 9.86. The Morgan fingerprint density at radius 3 is 2.17 bits per heavy atom. The van der Waals surface area contributed by atoms with Crippen LogP contribution in [0.3, 0.4) is 0 Å². The number of nitrogens with two attached hydrogens (primary N) is 1. The molecule has 0 aliphatic carbocycles. The van der Waals surface area contributed by atoms with Crippen molar-refractivity contribution in [2.75, 3.05) is 6.54 Å². The van der Waals surface area contributed by atoms with Gasteiger partial charge in [0.2, 0.25) is 0 Å². The van der Waals surface area contributed by atoms with Gasteiger partial charge in [-0.1, -0.05) is 26.7 Å². The van der Waals surface area contributed by atoms with E-state index in [2.05, 4.69) is 13.8 Å². The molecule has 12 heavy (non-hydrogen) atoms. The third kappa shape index (κ3) is 4.73. The van der Waals surface area contributed by atoms with Gasteiger partial charge in [0.15, 0.2) is 0 Å². The molecule has 74 valence electrons. The summed E-state index contributed by atoms with van der Waals surface area (Å²) in [6.45, 7) is 6.81. The zero-order valence-electron chi connectivity index (χ0n) is 8.64. The molecule has 1 unspecified atom stereocenters. The molecule has 2 heteroatoms. The van der Waals surface area contributed by atoms with E-state index in [9.17, 15) is 5.11 Å². The number of hydrogen-bond donors (Lipinski definition) is 2. The Labute approximate surface area is 76.2 Å². The quantitative estimate of drug-likeness (QED) is 0.644. The fourth-order valence-corrected chi connectivity index (χ4v) is 1.61. The van der Waals surface area contributed by atoms with Crippen LogP contribution in [-0.4, -0.2) is 17.3 Å². The van der Waals surface area contributed by atoms with Crippen molar-refractivity contribution in [2.45, 2.75) is 52.1 Å². The SMILES string of the molecule is CCC(CC)CC(C)(O)CCN. The van der Waals surface area contributed by atoms with Crippen LogP contribution in [0.4, 0.5) is 0 Å². The molecule has 0 aromatic carbocycles. The molecule has 0 saturated carbocycles. The molecule has 1 atom stereocenters. The van der Waals surface area contributed by atoms with E-state index in [0.717, 1.165) is 19.3 Å². The van der Waals surface area contributed by atoms with Crippen LogP contribution in [0.25, 0.3) is 0 Å². The van der Waals surface area contributed by atoms with Crippen LogP contribution in [0.5, 0.6) is 0 Å². The van der Waals surface area contributed by atoms with Crippen LogP contribution in [0.1, 0.15) is 46.5 Å². The van der Waals surface area contributed by atoms with Gasteiger partial charge in [-0.05, 0) is 32.2 Å². The second kappa shape index (κ2) is 5.55. The standard InChI is InChI=1S/C10H23NO/c1-4-9(5-2)8-10(3,12)6-7-11/h9,12H,4-8,11H2,1-3H3. The summed E-state index contributed by atoms with van der Waals surface area (Å²) in [7, 11) is 0. The first-order valence-electron chi connectivity index (χ1n) is 4.98. The lowest BCUT2D eigenvalue weighted by Crippen LogP contribution is -2.30. The summed E-state index contributed by atoms with van der Waals surface area (Å²) in [6, 6.07) is 0. The van der Waals surface area contributed by atoms with Gasteiger partial charge in [0, 0.05) is 0 Å². The maximum absolute atomic E-state index is 9.87. The highest BCUT2D eigenvalue weighted by Crippen LogP contribution is 2.23. The molecule has 0 aliphatic heterocycles. The van der Waals surface area contributed by atoms with Gasteiger partial charge in [-0.15, -0.1) is 0 Å². The first kappa shape index (κ1) is 11.9. The first-order chi connectivity index (χ1) is 5.55. The van der Waals surface area contributed by atoms with Crippen molar-refractivity contribution in [1.29, 1.82) is 0 Å². The topological polar surface area (TPSA) is 46.2 Å². The molecule has 0 radical (unpaired) electrons. The maximum atomic E-state index is 9.87. The summed E-state index contributed by atoms with van der Waals surface area (Å²) in [6.07, 6.45) is 3.90. The van der Waals surface area contributed by atoms with Gasteiger partial charge in [0.05, 0.1) is 5.60 Å². The van der Waals surface area contributed by atoms with Gasteiger partial charge in [0.1, 0.15) is 0 Å². The van der Waals surface area contributed by atoms with E-state index >= 15 is 0 Å². The lowest BCUT2D eigenvalue weighted by molar-refractivity contribution is 0.0264. The minimum absolute atomic E-state index is 0.550. The Balaban J connectivity index is 3.84. The van der Waals surface area contributed by atoms with E-state index in [4.69, 9.17) is 5.73 Å². The summed E-state index contributed by atoms with van der Waals surface area (Å²) < 4.78 is 0. The van der Waals surface area contributed by atoms with E-state index in [1.54, 1.807) is 0 Å². The van der Waals surface area contributed by atoms with Crippen molar-refractivity contribution in [1.82, 2.24) is 0 Å². The van der Waals surface area contributed by atoms with E-state index in [-0.39, 0.29) is 0 Å². The summed E-state index contributed by atoms with van der Waals surface area (Å²) in [4.78, 5) is 0. The molecule has 0 aliphatic rings. The molecule has 0 rings (SSSR count). The molecule has 0 amide bonds. The van der Waals surface area contributed by atoms with Gasteiger partial charge in [-0.2, -0.15) is 0 Å². The number of hydrogen-bond acceptors (Lipinski definition) is 2. The minimum Gasteiger partial charge on any atom is -0.390 e. The molecule has 0 bridgehead atoms. The van der Waals surface area contributed by atoms with Crippen LogP contribution in [-0.2, 0) is 0 Å². The highest BCUT2D eigenvalue weighted by atomic mass is 16.3. The van der Waals surface area contributed by atoms with Crippen molar-refractivity contribution in [3.63, 3.8) is 0 Å². The molecule has 0 aromatic heterocycles. The normalized spacial score (nSPS) is 16.5. The average molecular weight is 173 g/mol. The smallest absolute Gasteiger partial charge is 0.0634 e. The Morgan fingerprint density at radius 2 is 1.83 bits per heavy atom. The van der Waals surface area contributed by atoms with Crippen molar-refractivity contribution in [3.05, 3.63) is 0 Å². The van der Waals surface area contributed by atoms with E-state index < -0.39 is 5.60 Å². The Kier molecular flexibility index (Phi) is 5.51. The third-order valence-corrected chi connectivity index (χ3v) is 2.57. The van der Waals surface area contributed by atoms with Gasteiger partial charge in [0.25, 0.3) is 0 Å². The molecule has 0 spiro atoms. The molecule has 3 N–H and O–H groups in total. The zero-order valence-corrected chi connectivity index (χ0v) is 8.64. The predicted molar refractivity (Wildman–Crippen MR) is 53.0 cm³/mol. The Hall–Kier alpha value is -0.0800. The molecular weight excluding hydrogens is 150 g/mol. The Morgan fingerprint density at radius 1 is 1.33 bits per heavy atom. The van der Waals surface area contributed by atoms with E-state index in [1.165, 1.54) is 0 Å². The highest BCUT2D eigenvalue weighted by molar-refractivity contribution is 4.76.